The number of aromatic amines is 1. The van der Waals surface area contributed by atoms with Crippen molar-refractivity contribution in [3.63, 3.8) is 0 Å². The lowest BCUT2D eigenvalue weighted by atomic mass is 10.2. The van der Waals surface area contributed by atoms with E-state index < -0.39 is 17.5 Å². The SMILES string of the molecule is Cc1ccc(-n2nc(C(=O)O)[nH]c2=O)cc1Cl. The number of carboxylic acid groups (broad SMARTS) is 1. The second kappa shape index (κ2) is 4.06. The molecule has 1 heterocycles. The topological polar surface area (TPSA) is 88.0 Å². The summed E-state index contributed by atoms with van der Waals surface area (Å²) >= 11 is 5.92. The molecule has 88 valence electrons. The molecule has 0 bridgehead atoms. The normalized spacial score (nSPS) is 10.5. The Morgan fingerprint density at radius 2 is 2.24 bits per heavy atom. The summed E-state index contributed by atoms with van der Waals surface area (Å²) in [7, 11) is 0. The van der Waals surface area contributed by atoms with Crippen LogP contribution in [-0.4, -0.2) is 25.8 Å². The fraction of sp³-hybridized carbons (Fsp3) is 0.100. The van der Waals surface area contributed by atoms with Crippen LogP contribution in [-0.2, 0) is 0 Å². The molecule has 0 radical (unpaired) electrons. The lowest BCUT2D eigenvalue weighted by Gasteiger charge is -2.01. The Bertz CT molecular complexity index is 644. The number of aromatic nitrogens is 3. The van der Waals surface area contributed by atoms with E-state index in [1.165, 1.54) is 0 Å². The van der Waals surface area contributed by atoms with Crippen LogP contribution in [0.15, 0.2) is 23.0 Å². The molecule has 0 atom stereocenters. The lowest BCUT2D eigenvalue weighted by Crippen LogP contribution is -2.15. The number of aryl methyl sites for hydroxylation is 1. The van der Waals surface area contributed by atoms with Crippen molar-refractivity contribution in [1.82, 2.24) is 14.8 Å². The number of carbonyl (C=O) groups is 1. The van der Waals surface area contributed by atoms with Crippen LogP contribution in [0.25, 0.3) is 5.69 Å². The first-order valence-corrected chi connectivity index (χ1v) is 5.06. The van der Waals surface area contributed by atoms with Crippen molar-refractivity contribution in [3.05, 3.63) is 45.1 Å². The molecule has 17 heavy (non-hydrogen) atoms. The molecule has 0 fully saturated rings. The maximum absolute atomic E-state index is 11.5. The Labute approximate surface area is 100 Å². The Kier molecular flexibility index (Phi) is 2.72. The summed E-state index contributed by atoms with van der Waals surface area (Å²) in [6.45, 7) is 1.82. The highest BCUT2D eigenvalue weighted by molar-refractivity contribution is 6.31. The number of hydrogen-bond donors (Lipinski definition) is 2. The van der Waals surface area contributed by atoms with Crippen molar-refractivity contribution in [2.45, 2.75) is 6.92 Å². The Balaban J connectivity index is 2.56. The van der Waals surface area contributed by atoms with Crippen LogP contribution in [0.5, 0.6) is 0 Å². The van der Waals surface area contributed by atoms with Gasteiger partial charge in [0.2, 0.25) is 5.82 Å². The molecule has 0 aliphatic carbocycles. The molecule has 0 aliphatic heterocycles. The van der Waals surface area contributed by atoms with E-state index in [0.29, 0.717) is 10.7 Å². The average Bonchev–Trinajstić information content (AvgIpc) is 2.65. The monoisotopic (exact) mass is 253 g/mol. The van der Waals surface area contributed by atoms with Crippen LogP contribution in [0, 0.1) is 6.92 Å². The molecule has 6 nitrogen and oxygen atoms in total. The minimum atomic E-state index is -1.29. The zero-order valence-electron chi connectivity index (χ0n) is 8.77. The van der Waals surface area contributed by atoms with Crippen LogP contribution in [0.4, 0.5) is 0 Å². The van der Waals surface area contributed by atoms with E-state index in [2.05, 4.69) is 10.1 Å². The molecule has 0 amide bonds. The number of halogens is 1. The van der Waals surface area contributed by atoms with Crippen molar-refractivity contribution in [2.75, 3.05) is 0 Å². The number of nitrogens with one attached hydrogen (secondary N) is 1. The largest absolute Gasteiger partial charge is 0.475 e. The van der Waals surface area contributed by atoms with E-state index in [9.17, 15) is 9.59 Å². The molecule has 1 aromatic heterocycles. The van der Waals surface area contributed by atoms with Crippen LogP contribution in [0.1, 0.15) is 16.2 Å². The summed E-state index contributed by atoms with van der Waals surface area (Å²) in [5, 5.41) is 12.8. The molecule has 0 saturated carbocycles. The van der Waals surface area contributed by atoms with Crippen molar-refractivity contribution in [2.24, 2.45) is 0 Å². The molecule has 0 spiro atoms. The van der Waals surface area contributed by atoms with E-state index >= 15 is 0 Å². The van der Waals surface area contributed by atoms with Crippen LogP contribution < -0.4 is 5.69 Å². The predicted octanol–water partition coefficient (Wildman–Crippen LogP) is 1.22. The molecule has 2 rings (SSSR count). The van der Waals surface area contributed by atoms with E-state index in [1.54, 1.807) is 18.2 Å². The highest BCUT2D eigenvalue weighted by Gasteiger charge is 2.12. The van der Waals surface area contributed by atoms with Gasteiger partial charge in [-0.3, -0.25) is 4.98 Å². The second-order valence-corrected chi connectivity index (χ2v) is 3.84. The summed E-state index contributed by atoms with van der Waals surface area (Å²) in [6.07, 6.45) is 0. The highest BCUT2D eigenvalue weighted by atomic mass is 35.5. The summed E-state index contributed by atoms with van der Waals surface area (Å²) < 4.78 is 0.953. The van der Waals surface area contributed by atoms with Gasteiger partial charge in [0.1, 0.15) is 0 Å². The maximum atomic E-state index is 11.5. The van der Waals surface area contributed by atoms with Crippen molar-refractivity contribution in [3.8, 4) is 5.69 Å². The zero-order chi connectivity index (χ0) is 12.6. The number of carboxylic acids is 1. The van der Waals surface area contributed by atoms with Gasteiger partial charge in [0.05, 0.1) is 5.69 Å². The average molecular weight is 254 g/mol. The summed E-state index contributed by atoms with van der Waals surface area (Å²) in [4.78, 5) is 24.3. The van der Waals surface area contributed by atoms with Crippen molar-refractivity contribution in [1.29, 1.82) is 0 Å². The number of aromatic carboxylic acids is 1. The lowest BCUT2D eigenvalue weighted by molar-refractivity contribution is 0.0683. The van der Waals surface area contributed by atoms with E-state index in [1.807, 2.05) is 6.92 Å². The number of benzene rings is 1. The minimum Gasteiger partial charge on any atom is -0.475 e. The van der Waals surface area contributed by atoms with Gasteiger partial charge in [-0.2, -0.15) is 4.68 Å². The molecule has 0 unspecified atom stereocenters. The third-order valence-corrected chi connectivity index (χ3v) is 2.63. The fourth-order valence-electron chi connectivity index (χ4n) is 1.31. The summed E-state index contributed by atoms with van der Waals surface area (Å²) in [6, 6.07) is 4.90. The van der Waals surface area contributed by atoms with Gasteiger partial charge in [-0.25, -0.2) is 9.59 Å². The molecule has 2 N–H and O–H groups in total. The number of H-pyrrole nitrogens is 1. The number of nitrogens with zero attached hydrogens (tertiary/aromatic N) is 2. The van der Waals surface area contributed by atoms with Crippen molar-refractivity contribution < 1.29 is 9.90 Å². The molecule has 0 aliphatic rings. The smallest absolute Gasteiger partial charge is 0.373 e. The maximum Gasteiger partial charge on any atom is 0.373 e. The molecule has 0 saturated heterocycles. The van der Waals surface area contributed by atoms with Gasteiger partial charge >= 0.3 is 11.7 Å². The van der Waals surface area contributed by atoms with E-state index in [-0.39, 0.29) is 0 Å². The predicted molar refractivity (Wildman–Crippen MR) is 60.9 cm³/mol. The quantitative estimate of drug-likeness (QED) is 0.842. The molecule has 1 aromatic carbocycles. The highest BCUT2D eigenvalue weighted by Crippen LogP contribution is 2.17. The van der Waals surface area contributed by atoms with Gasteiger partial charge in [-0.15, -0.1) is 5.10 Å². The van der Waals surface area contributed by atoms with Gasteiger partial charge in [0.25, 0.3) is 0 Å². The first-order valence-electron chi connectivity index (χ1n) is 4.68. The third-order valence-electron chi connectivity index (χ3n) is 2.22. The zero-order valence-corrected chi connectivity index (χ0v) is 9.52. The Hall–Kier alpha value is -2.08. The van der Waals surface area contributed by atoms with Gasteiger partial charge in [-0.1, -0.05) is 17.7 Å². The van der Waals surface area contributed by atoms with Crippen LogP contribution in [0.3, 0.4) is 0 Å². The molecule has 7 heteroatoms. The second-order valence-electron chi connectivity index (χ2n) is 3.43. The molecule has 2 aromatic rings. The third kappa shape index (κ3) is 2.07. The van der Waals surface area contributed by atoms with Gasteiger partial charge in [-0.05, 0) is 24.6 Å². The van der Waals surface area contributed by atoms with Gasteiger partial charge in [0, 0.05) is 5.02 Å². The fourth-order valence-corrected chi connectivity index (χ4v) is 1.48. The van der Waals surface area contributed by atoms with E-state index in [0.717, 1.165) is 10.2 Å². The van der Waals surface area contributed by atoms with Gasteiger partial charge < -0.3 is 5.11 Å². The van der Waals surface area contributed by atoms with Gasteiger partial charge in [0.15, 0.2) is 0 Å². The van der Waals surface area contributed by atoms with Crippen molar-refractivity contribution >= 4 is 17.6 Å². The van der Waals surface area contributed by atoms with Crippen LogP contribution >= 0.6 is 11.6 Å². The minimum absolute atomic E-state index is 0.410. The number of rotatable bonds is 2. The van der Waals surface area contributed by atoms with E-state index in [4.69, 9.17) is 16.7 Å². The first-order chi connectivity index (χ1) is 7.99. The number of hydrogen-bond acceptors (Lipinski definition) is 3. The molecular formula is C10H8ClN3O3. The molecular weight excluding hydrogens is 246 g/mol. The standard InChI is InChI=1S/C10H8ClN3O3/c1-5-2-3-6(4-7(5)11)14-10(17)12-8(13-14)9(15)16/h2-4H,1H3,(H,15,16)(H,12,13,17). The summed E-state index contributed by atoms with van der Waals surface area (Å²) in [5.74, 6) is -1.70. The van der Waals surface area contributed by atoms with Crippen LogP contribution in [0.2, 0.25) is 5.02 Å². The first kappa shape index (κ1) is 11.4. The summed E-state index contributed by atoms with van der Waals surface area (Å²) in [5.41, 5.74) is 0.647. The Morgan fingerprint density at radius 1 is 1.53 bits per heavy atom. The Morgan fingerprint density at radius 3 is 2.76 bits per heavy atom.